The lowest BCUT2D eigenvalue weighted by atomic mass is 10.1. The van der Waals surface area contributed by atoms with Crippen LogP contribution >= 0.6 is 0 Å². The van der Waals surface area contributed by atoms with Crippen molar-refractivity contribution in [1.82, 2.24) is 4.90 Å². The summed E-state index contributed by atoms with van der Waals surface area (Å²) in [6.07, 6.45) is 0.731. The van der Waals surface area contributed by atoms with Crippen molar-refractivity contribution in [2.24, 2.45) is 0 Å². The minimum Gasteiger partial charge on any atom is -0.497 e. The van der Waals surface area contributed by atoms with Gasteiger partial charge in [0.15, 0.2) is 9.84 Å². The molecule has 2 aliphatic rings. The van der Waals surface area contributed by atoms with E-state index in [-0.39, 0.29) is 17.7 Å². The third-order valence-corrected chi connectivity index (χ3v) is 6.91. The Bertz CT molecular complexity index is 741. The molecule has 1 atom stereocenters. The molecule has 0 spiro atoms. The first-order valence-corrected chi connectivity index (χ1v) is 10.3. The Labute approximate surface area is 148 Å². The molecular weight excluding hydrogens is 344 g/mol. The van der Waals surface area contributed by atoms with E-state index in [4.69, 9.17) is 9.47 Å². The van der Waals surface area contributed by atoms with Gasteiger partial charge in [-0.3, -0.25) is 4.79 Å². The summed E-state index contributed by atoms with van der Waals surface area (Å²) in [6, 6.07) is 5.37. The summed E-state index contributed by atoms with van der Waals surface area (Å²) in [6.45, 7) is 2.78. The van der Waals surface area contributed by atoms with Crippen LogP contribution in [0.4, 0.5) is 0 Å². The van der Waals surface area contributed by atoms with Gasteiger partial charge in [0.1, 0.15) is 23.3 Å². The summed E-state index contributed by atoms with van der Waals surface area (Å²) in [5.41, 5.74) is 0.494. The Kier molecular flexibility index (Phi) is 5.19. The molecule has 0 bridgehead atoms. The first kappa shape index (κ1) is 18.0. The summed E-state index contributed by atoms with van der Waals surface area (Å²) in [7, 11) is 0.240. The van der Waals surface area contributed by atoms with Crippen LogP contribution in [0, 0.1) is 0 Å². The molecule has 0 aliphatic carbocycles. The lowest BCUT2D eigenvalue weighted by Crippen LogP contribution is -3.18. The largest absolute Gasteiger partial charge is 0.497 e. The number of piperazine rings is 1. The molecule has 0 aromatic heterocycles. The zero-order valence-corrected chi connectivity index (χ0v) is 15.5. The van der Waals surface area contributed by atoms with Crippen LogP contribution in [0.15, 0.2) is 18.2 Å². The van der Waals surface area contributed by atoms with E-state index < -0.39 is 9.84 Å². The number of nitrogens with zero attached hydrogens (tertiary/aromatic N) is 1. The topological polar surface area (TPSA) is 77.3 Å². The van der Waals surface area contributed by atoms with E-state index in [1.165, 1.54) is 4.90 Å². The van der Waals surface area contributed by atoms with Gasteiger partial charge in [-0.25, -0.2) is 8.42 Å². The number of amides is 1. The number of hydrogen-bond donors (Lipinski definition) is 1. The van der Waals surface area contributed by atoms with Gasteiger partial charge in [0, 0.05) is 6.42 Å². The van der Waals surface area contributed by atoms with Crippen LogP contribution in [-0.2, 0) is 9.84 Å². The molecule has 3 rings (SSSR count). The molecule has 1 aromatic carbocycles. The number of carbonyl (C=O) groups is 1. The van der Waals surface area contributed by atoms with E-state index in [9.17, 15) is 13.2 Å². The van der Waals surface area contributed by atoms with Crippen LogP contribution in [0.25, 0.3) is 0 Å². The van der Waals surface area contributed by atoms with Gasteiger partial charge >= 0.3 is 0 Å². The number of quaternary nitrogens is 1. The molecule has 2 heterocycles. The van der Waals surface area contributed by atoms with Crippen molar-refractivity contribution >= 4 is 15.7 Å². The van der Waals surface area contributed by atoms with Crippen LogP contribution in [0.3, 0.4) is 0 Å². The van der Waals surface area contributed by atoms with E-state index in [1.807, 2.05) is 4.90 Å². The fraction of sp³-hybridized carbons (Fsp3) is 0.588. The molecule has 8 heteroatoms. The van der Waals surface area contributed by atoms with Crippen molar-refractivity contribution in [2.75, 3.05) is 51.9 Å². The highest BCUT2D eigenvalue weighted by Gasteiger charge is 2.37. The molecule has 0 radical (unpaired) electrons. The fourth-order valence-electron chi connectivity index (χ4n) is 3.67. The van der Waals surface area contributed by atoms with Gasteiger partial charge in [-0.1, -0.05) is 0 Å². The Balaban J connectivity index is 1.66. The number of benzene rings is 1. The van der Waals surface area contributed by atoms with Gasteiger partial charge < -0.3 is 19.3 Å². The van der Waals surface area contributed by atoms with Crippen LogP contribution in [-0.4, -0.2) is 77.2 Å². The zero-order valence-electron chi connectivity index (χ0n) is 14.7. The Morgan fingerprint density at radius 2 is 1.92 bits per heavy atom. The maximum Gasteiger partial charge on any atom is 0.258 e. The molecule has 2 fully saturated rings. The highest BCUT2D eigenvalue weighted by Crippen LogP contribution is 2.25. The lowest BCUT2D eigenvalue weighted by Gasteiger charge is -2.35. The monoisotopic (exact) mass is 369 g/mol. The van der Waals surface area contributed by atoms with E-state index in [2.05, 4.69) is 0 Å². The molecule has 1 N–H and O–H groups in total. The Hall–Kier alpha value is -1.80. The average Bonchev–Trinajstić information content (AvgIpc) is 3.00. The maximum absolute atomic E-state index is 12.9. The standard InChI is InChI=1S/C17H24N2O5S/c1-23-14-3-4-16(24-2)15(11-14)17(20)19-8-6-18(7-9-19)13-5-10-25(21,22)12-13/h3-4,11,13H,5-10,12H2,1-2H3/p+1/t13-/m0/s1. The number of methoxy groups -OCH3 is 2. The molecule has 0 unspecified atom stereocenters. The third kappa shape index (κ3) is 3.90. The number of sulfone groups is 1. The van der Waals surface area contributed by atoms with Gasteiger partial charge in [0.2, 0.25) is 0 Å². The minimum atomic E-state index is -2.87. The first-order chi connectivity index (χ1) is 11.9. The predicted octanol–water partition coefficient (Wildman–Crippen LogP) is -0.768. The third-order valence-electron chi connectivity index (χ3n) is 5.14. The van der Waals surface area contributed by atoms with Gasteiger partial charge in [-0.2, -0.15) is 0 Å². The second-order valence-electron chi connectivity index (χ2n) is 6.62. The number of carbonyl (C=O) groups excluding carboxylic acids is 1. The quantitative estimate of drug-likeness (QED) is 0.754. The van der Waals surface area contributed by atoms with Crippen molar-refractivity contribution in [1.29, 1.82) is 0 Å². The smallest absolute Gasteiger partial charge is 0.258 e. The second-order valence-corrected chi connectivity index (χ2v) is 8.85. The van der Waals surface area contributed by atoms with Crippen LogP contribution in [0.1, 0.15) is 16.8 Å². The summed E-state index contributed by atoms with van der Waals surface area (Å²) < 4.78 is 33.9. The molecule has 0 saturated carbocycles. The van der Waals surface area contributed by atoms with E-state index in [0.29, 0.717) is 35.9 Å². The number of nitrogens with one attached hydrogen (secondary N) is 1. The van der Waals surface area contributed by atoms with E-state index >= 15 is 0 Å². The Morgan fingerprint density at radius 1 is 1.20 bits per heavy atom. The van der Waals surface area contributed by atoms with Crippen LogP contribution < -0.4 is 14.4 Å². The number of rotatable bonds is 4. The van der Waals surface area contributed by atoms with E-state index in [1.54, 1.807) is 32.4 Å². The maximum atomic E-state index is 12.9. The van der Waals surface area contributed by atoms with Crippen molar-refractivity contribution in [3.8, 4) is 11.5 Å². The van der Waals surface area contributed by atoms with Gasteiger partial charge in [0.25, 0.3) is 5.91 Å². The van der Waals surface area contributed by atoms with Gasteiger partial charge in [0.05, 0.1) is 51.7 Å². The van der Waals surface area contributed by atoms with Crippen molar-refractivity contribution < 1.29 is 27.6 Å². The molecule has 2 aliphatic heterocycles. The fourth-order valence-corrected chi connectivity index (χ4v) is 5.50. The summed E-state index contributed by atoms with van der Waals surface area (Å²) in [4.78, 5) is 16.0. The number of ether oxygens (including phenoxy) is 2. The summed E-state index contributed by atoms with van der Waals surface area (Å²) in [5.74, 6) is 1.64. The SMILES string of the molecule is COc1ccc(OC)c(C(=O)N2CC[NH+]([C@H]3CCS(=O)(=O)C3)CC2)c1. The summed E-state index contributed by atoms with van der Waals surface area (Å²) in [5, 5.41) is 0. The number of hydrogen-bond acceptors (Lipinski definition) is 5. The minimum absolute atomic E-state index is 0.0751. The molecular formula is C17H25N2O5S+. The second kappa shape index (κ2) is 7.21. The molecule has 1 amide bonds. The summed E-state index contributed by atoms with van der Waals surface area (Å²) >= 11 is 0. The lowest BCUT2D eigenvalue weighted by molar-refractivity contribution is -0.925. The van der Waals surface area contributed by atoms with Gasteiger partial charge in [-0.15, -0.1) is 0 Å². The molecule has 138 valence electrons. The van der Waals surface area contributed by atoms with Crippen molar-refractivity contribution in [3.05, 3.63) is 23.8 Å². The Morgan fingerprint density at radius 3 is 2.48 bits per heavy atom. The molecule has 7 nitrogen and oxygen atoms in total. The van der Waals surface area contributed by atoms with Crippen molar-refractivity contribution in [2.45, 2.75) is 12.5 Å². The highest BCUT2D eigenvalue weighted by molar-refractivity contribution is 7.91. The van der Waals surface area contributed by atoms with Crippen LogP contribution in [0.2, 0.25) is 0 Å². The predicted molar refractivity (Wildman–Crippen MR) is 93.2 cm³/mol. The molecule has 25 heavy (non-hydrogen) atoms. The normalized spacial score (nSPS) is 23.4. The first-order valence-electron chi connectivity index (χ1n) is 8.50. The molecule has 1 aromatic rings. The van der Waals surface area contributed by atoms with Crippen LogP contribution in [0.5, 0.6) is 11.5 Å². The highest BCUT2D eigenvalue weighted by atomic mass is 32.2. The zero-order chi connectivity index (χ0) is 18.0. The average molecular weight is 369 g/mol. The van der Waals surface area contributed by atoms with Crippen molar-refractivity contribution in [3.63, 3.8) is 0 Å². The van der Waals surface area contributed by atoms with Gasteiger partial charge in [-0.05, 0) is 18.2 Å². The molecule has 2 saturated heterocycles. The van der Waals surface area contributed by atoms with E-state index in [0.717, 1.165) is 19.5 Å².